The lowest BCUT2D eigenvalue weighted by Gasteiger charge is -2.33. The largest absolute Gasteiger partial charge is 0.488 e. The highest BCUT2D eigenvalue weighted by Gasteiger charge is 2.33. The molecule has 1 N–H and O–H groups in total. The van der Waals surface area contributed by atoms with Crippen LogP contribution in [0.5, 0.6) is 5.75 Å². The van der Waals surface area contributed by atoms with Gasteiger partial charge in [-0.3, -0.25) is 4.79 Å². The first-order valence-electron chi connectivity index (χ1n) is 13.7. The van der Waals surface area contributed by atoms with Gasteiger partial charge < -0.3 is 10.1 Å². The summed E-state index contributed by atoms with van der Waals surface area (Å²) in [4.78, 5) is 19.8. The molecular weight excluding hydrogens is 550 g/mol. The molecule has 208 valence electrons. The maximum Gasteiger partial charge on any atom is 0.259 e. The van der Waals surface area contributed by atoms with Crippen molar-refractivity contribution in [1.29, 1.82) is 5.26 Å². The molecule has 5 nitrogen and oxygen atoms in total. The Morgan fingerprint density at radius 1 is 1.12 bits per heavy atom. The summed E-state index contributed by atoms with van der Waals surface area (Å²) in [6, 6.07) is 24.4. The van der Waals surface area contributed by atoms with Gasteiger partial charge in [0.25, 0.3) is 5.91 Å². The first kappa shape index (κ1) is 28.6. The van der Waals surface area contributed by atoms with Gasteiger partial charge >= 0.3 is 0 Å². The molecule has 0 saturated carbocycles. The van der Waals surface area contributed by atoms with Crippen molar-refractivity contribution in [1.82, 2.24) is 0 Å². The van der Waals surface area contributed by atoms with Crippen molar-refractivity contribution in [2.24, 2.45) is 16.3 Å². The topological polar surface area (TPSA) is 74.5 Å². The number of nitrogens with one attached hydrogen (secondary N) is 1. The van der Waals surface area contributed by atoms with Crippen LogP contribution >= 0.6 is 22.9 Å². The highest BCUT2D eigenvalue weighted by Crippen LogP contribution is 2.45. The van der Waals surface area contributed by atoms with E-state index in [4.69, 9.17) is 21.3 Å². The van der Waals surface area contributed by atoms with E-state index in [0.717, 1.165) is 36.0 Å². The number of rotatable bonds is 7. The molecular formula is C34H32ClN3O2S. The lowest BCUT2D eigenvalue weighted by Crippen LogP contribution is -2.27. The second-order valence-corrected chi connectivity index (χ2v) is 12.8. The second kappa shape index (κ2) is 12.3. The fraction of sp³-hybridized carbons (Fsp3) is 0.265. The SMILES string of the molecule is CC(C)(C)[C@H]1CCc2c(sc(N=Cc3ccccc3OCc3ccccc3C#N)c2C(=O)Nc2ccc(Cl)cc2)C1. The van der Waals surface area contributed by atoms with Crippen molar-refractivity contribution in [2.75, 3.05) is 5.32 Å². The second-order valence-electron chi connectivity index (χ2n) is 11.3. The van der Waals surface area contributed by atoms with E-state index >= 15 is 0 Å². The van der Waals surface area contributed by atoms with Gasteiger partial charge in [-0.2, -0.15) is 5.26 Å². The summed E-state index contributed by atoms with van der Waals surface area (Å²) in [6.07, 6.45) is 4.60. The number of anilines is 1. The smallest absolute Gasteiger partial charge is 0.259 e. The molecule has 1 atom stereocenters. The Morgan fingerprint density at radius 2 is 1.85 bits per heavy atom. The molecule has 0 bridgehead atoms. The Bertz CT molecular complexity index is 1630. The molecule has 1 aromatic heterocycles. The van der Waals surface area contributed by atoms with Crippen molar-refractivity contribution in [3.8, 4) is 11.8 Å². The molecule has 1 heterocycles. The van der Waals surface area contributed by atoms with Crippen LogP contribution in [0.3, 0.4) is 0 Å². The number of para-hydroxylation sites is 1. The standard InChI is InChI=1S/C34H32ClN3O2S/c1-34(2,3)25-12-17-28-30(18-25)41-33(31(28)32(39)38-27-15-13-26(35)14-16-27)37-20-23-9-6-7-11-29(23)40-21-24-10-5-4-8-22(24)19-36/h4-11,13-16,20,25H,12,17-18,21H2,1-3H3,(H,38,39)/t25-/m0/s1. The van der Waals surface area contributed by atoms with Crippen LogP contribution in [0.1, 0.15) is 64.7 Å². The predicted molar refractivity (Wildman–Crippen MR) is 168 cm³/mol. The van der Waals surface area contributed by atoms with Crippen LogP contribution in [0.4, 0.5) is 10.7 Å². The maximum absolute atomic E-state index is 13.7. The van der Waals surface area contributed by atoms with Crippen LogP contribution < -0.4 is 10.1 Å². The molecule has 5 rings (SSSR count). The van der Waals surface area contributed by atoms with Gasteiger partial charge in [0.1, 0.15) is 17.4 Å². The molecule has 1 aliphatic rings. The summed E-state index contributed by atoms with van der Waals surface area (Å²) < 4.78 is 6.12. The number of halogens is 1. The number of fused-ring (bicyclic) bond motifs is 1. The van der Waals surface area contributed by atoms with Crippen molar-refractivity contribution in [2.45, 2.75) is 46.6 Å². The molecule has 0 spiro atoms. The Labute approximate surface area is 250 Å². The van der Waals surface area contributed by atoms with E-state index in [1.807, 2.05) is 42.5 Å². The summed E-state index contributed by atoms with van der Waals surface area (Å²) in [7, 11) is 0. The molecule has 0 saturated heterocycles. The molecule has 0 aliphatic heterocycles. The summed E-state index contributed by atoms with van der Waals surface area (Å²) in [5.74, 6) is 1.04. The molecule has 3 aromatic carbocycles. The highest BCUT2D eigenvalue weighted by molar-refractivity contribution is 7.16. The molecule has 0 fully saturated rings. The third kappa shape index (κ3) is 6.70. The van der Waals surface area contributed by atoms with Gasteiger partial charge in [0.2, 0.25) is 0 Å². The zero-order valence-corrected chi connectivity index (χ0v) is 25.0. The maximum atomic E-state index is 13.7. The van der Waals surface area contributed by atoms with Crippen molar-refractivity contribution in [3.63, 3.8) is 0 Å². The highest BCUT2D eigenvalue weighted by atomic mass is 35.5. The number of carbonyl (C=O) groups excluding carboxylic acids is 1. The molecule has 1 amide bonds. The number of hydrogen-bond donors (Lipinski definition) is 1. The van der Waals surface area contributed by atoms with Gasteiger partial charge in [-0.05, 0) is 78.6 Å². The average Bonchev–Trinajstić information content (AvgIpc) is 3.34. The Morgan fingerprint density at radius 3 is 2.61 bits per heavy atom. The lowest BCUT2D eigenvalue weighted by atomic mass is 9.72. The quantitative estimate of drug-likeness (QED) is 0.221. The number of benzene rings is 3. The van der Waals surface area contributed by atoms with E-state index < -0.39 is 0 Å². The Hall–Kier alpha value is -3.92. The number of carbonyl (C=O) groups is 1. The number of ether oxygens (including phenoxy) is 1. The predicted octanol–water partition coefficient (Wildman–Crippen LogP) is 9.01. The fourth-order valence-corrected chi connectivity index (χ4v) is 6.51. The summed E-state index contributed by atoms with van der Waals surface area (Å²) in [5.41, 5.74) is 4.84. The first-order chi connectivity index (χ1) is 19.7. The molecule has 0 unspecified atom stereocenters. The van der Waals surface area contributed by atoms with Crippen LogP contribution in [-0.2, 0) is 19.4 Å². The van der Waals surface area contributed by atoms with Crippen LogP contribution in [0.2, 0.25) is 5.02 Å². The van der Waals surface area contributed by atoms with E-state index in [0.29, 0.717) is 38.5 Å². The number of nitrogens with zero attached hydrogens (tertiary/aromatic N) is 2. The van der Waals surface area contributed by atoms with E-state index in [2.05, 4.69) is 32.2 Å². The molecule has 7 heteroatoms. The summed E-state index contributed by atoms with van der Waals surface area (Å²) in [6.45, 7) is 7.13. The lowest BCUT2D eigenvalue weighted by molar-refractivity contribution is 0.102. The average molecular weight is 582 g/mol. The van der Waals surface area contributed by atoms with Crippen LogP contribution in [-0.4, -0.2) is 12.1 Å². The van der Waals surface area contributed by atoms with Gasteiger partial charge in [0, 0.05) is 32.9 Å². The van der Waals surface area contributed by atoms with E-state index in [1.165, 1.54) is 4.88 Å². The van der Waals surface area contributed by atoms with E-state index in [-0.39, 0.29) is 17.9 Å². The van der Waals surface area contributed by atoms with Crippen molar-refractivity contribution < 1.29 is 9.53 Å². The zero-order chi connectivity index (χ0) is 29.0. The summed E-state index contributed by atoms with van der Waals surface area (Å²) >= 11 is 7.65. The van der Waals surface area contributed by atoms with E-state index in [9.17, 15) is 10.1 Å². The van der Waals surface area contributed by atoms with Crippen LogP contribution in [0.15, 0.2) is 77.8 Å². The minimum Gasteiger partial charge on any atom is -0.488 e. The van der Waals surface area contributed by atoms with Crippen molar-refractivity contribution >= 4 is 45.7 Å². The Kier molecular flexibility index (Phi) is 8.58. The molecule has 4 aromatic rings. The van der Waals surface area contributed by atoms with Crippen LogP contribution in [0.25, 0.3) is 0 Å². The van der Waals surface area contributed by atoms with Gasteiger partial charge in [-0.1, -0.05) is 62.7 Å². The Balaban J connectivity index is 1.45. The molecule has 1 aliphatic carbocycles. The summed E-state index contributed by atoms with van der Waals surface area (Å²) in [5, 5.41) is 13.8. The fourth-order valence-electron chi connectivity index (χ4n) is 5.12. The van der Waals surface area contributed by atoms with Gasteiger partial charge in [-0.25, -0.2) is 4.99 Å². The van der Waals surface area contributed by atoms with Crippen molar-refractivity contribution in [3.05, 3.63) is 111 Å². The first-order valence-corrected chi connectivity index (χ1v) is 14.9. The number of amides is 1. The van der Waals surface area contributed by atoms with Gasteiger partial charge in [0.15, 0.2) is 0 Å². The number of aliphatic imine (C=N–C) groups is 1. The minimum atomic E-state index is -0.163. The molecule has 41 heavy (non-hydrogen) atoms. The minimum absolute atomic E-state index is 0.163. The number of thiophene rings is 1. The molecule has 0 radical (unpaired) electrons. The van der Waals surface area contributed by atoms with Crippen LogP contribution in [0, 0.1) is 22.7 Å². The van der Waals surface area contributed by atoms with E-state index in [1.54, 1.807) is 47.9 Å². The van der Waals surface area contributed by atoms with Gasteiger partial charge in [0.05, 0.1) is 17.2 Å². The monoisotopic (exact) mass is 581 g/mol. The third-order valence-corrected chi connectivity index (χ3v) is 8.98. The zero-order valence-electron chi connectivity index (χ0n) is 23.4. The normalized spacial score (nSPS) is 14.9. The third-order valence-electron chi connectivity index (χ3n) is 7.56. The number of hydrogen-bond acceptors (Lipinski definition) is 5. The number of nitriles is 1. The van der Waals surface area contributed by atoms with Gasteiger partial charge in [-0.15, -0.1) is 11.3 Å².